The Morgan fingerprint density at radius 3 is 2.90 bits per heavy atom. The fourth-order valence-corrected chi connectivity index (χ4v) is 2.80. The van der Waals surface area contributed by atoms with Crippen molar-refractivity contribution < 1.29 is 9.53 Å². The van der Waals surface area contributed by atoms with E-state index in [2.05, 4.69) is 5.32 Å². The zero-order chi connectivity index (χ0) is 14.8. The molecule has 1 heterocycles. The van der Waals surface area contributed by atoms with Gasteiger partial charge in [-0.2, -0.15) is 0 Å². The number of nitrogens with one attached hydrogen (secondary N) is 1. The summed E-state index contributed by atoms with van der Waals surface area (Å²) in [6.07, 6.45) is 1.36. The van der Waals surface area contributed by atoms with Crippen LogP contribution in [-0.2, 0) is 12.8 Å². The van der Waals surface area contributed by atoms with E-state index in [4.69, 9.17) is 4.74 Å². The normalized spacial score (nSPS) is 12.7. The molecular weight excluding hydrogens is 262 g/mol. The number of Topliss-reactive ketones (excluding diaryl/α,β-unsaturated/α-hetero) is 1. The fourth-order valence-electron chi connectivity index (χ4n) is 2.80. The summed E-state index contributed by atoms with van der Waals surface area (Å²) in [5, 5.41) is 3.31. The van der Waals surface area contributed by atoms with Gasteiger partial charge in [-0.3, -0.25) is 4.79 Å². The summed E-state index contributed by atoms with van der Waals surface area (Å²) in [5.41, 5.74) is 5.25. The topological polar surface area (TPSA) is 38.3 Å². The molecular formula is C18H19NO2. The van der Waals surface area contributed by atoms with Gasteiger partial charge in [-0.25, -0.2) is 0 Å². The second kappa shape index (κ2) is 5.60. The molecule has 0 atom stereocenters. The lowest BCUT2D eigenvalue weighted by molar-refractivity contribution is 0.0992. The van der Waals surface area contributed by atoms with E-state index in [1.807, 2.05) is 43.3 Å². The molecule has 3 nitrogen and oxygen atoms in total. The first kappa shape index (κ1) is 13.7. The van der Waals surface area contributed by atoms with Gasteiger partial charge in [0.2, 0.25) is 0 Å². The number of anilines is 1. The number of rotatable bonds is 4. The number of carbonyl (C=O) groups is 1. The highest BCUT2D eigenvalue weighted by molar-refractivity contribution is 5.98. The number of hydrogen-bond acceptors (Lipinski definition) is 3. The maximum absolute atomic E-state index is 12.5. The molecule has 0 radical (unpaired) electrons. The molecule has 21 heavy (non-hydrogen) atoms. The second-order valence-corrected chi connectivity index (χ2v) is 5.46. The van der Waals surface area contributed by atoms with E-state index in [9.17, 15) is 4.79 Å². The largest absolute Gasteiger partial charge is 0.496 e. The predicted octanol–water partition coefficient (Wildman–Crippen LogP) is 3.40. The lowest BCUT2D eigenvalue weighted by Gasteiger charge is -2.09. The highest BCUT2D eigenvalue weighted by atomic mass is 16.5. The summed E-state index contributed by atoms with van der Waals surface area (Å²) < 4.78 is 5.35. The predicted molar refractivity (Wildman–Crippen MR) is 84.4 cm³/mol. The van der Waals surface area contributed by atoms with Crippen LogP contribution in [0.4, 0.5) is 5.69 Å². The molecule has 0 aliphatic carbocycles. The van der Waals surface area contributed by atoms with E-state index >= 15 is 0 Å². The molecule has 0 spiro atoms. The molecule has 0 amide bonds. The van der Waals surface area contributed by atoms with Crippen molar-refractivity contribution in [3.8, 4) is 5.75 Å². The van der Waals surface area contributed by atoms with Crippen molar-refractivity contribution in [2.24, 2.45) is 0 Å². The number of fused-ring (bicyclic) bond motifs is 1. The van der Waals surface area contributed by atoms with Crippen LogP contribution in [0.3, 0.4) is 0 Å². The van der Waals surface area contributed by atoms with Crippen LogP contribution in [0, 0.1) is 6.92 Å². The minimum Gasteiger partial charge on any atom is -0.496 e. The van der Waals surface area contributed by atoms with Gasteiger partial charge in [-0.1, -0.05) is 17.7 Å². The van der Waals surface area contributed by atoms with Crippen LogP contribution in [0.5, 0.6) is 5.75 Å². The number of hydrogen-bond donors (Lipinski definition) is 1. The second-order valence-electron chi connectivity index (χ2n) is 5.46. The minimum absolute atomic E-state index is 0.133. The van der Waals surface area contributed by atoms with E-state index in [0.717, 1.165) is 41.1 Å². The van der Waals surface area contributed by atoms with Crippen LogP contribution in [0.2, 0.25) is 0 Å². The first-order valence-corrected chi connectivity index (χ1v) is 7.21. The van der Waals surface area contributed by atoms with Crippen molar-refractivity contribution >= 4 is 11.5 Å². The van der Waals surface area contributed by atoms with Gasteiger partial charge in [-0.05, 0) is 43.2 Å². The Labute approximate surface area is 124 Å². The van der Waals surface area contributed by atoms with Gasteiger partial charge in [0, 0.05) is 29.8 Å². The van der Waals surface area contributed by atoms with E-state index in [0.29, 0.717) is 6.42 Å². The van der Waals surface area contributed by atoms with Crippen LogP contribution >= 0.6 is 0 Å². The molecule has 0 saturated carbocycles. The third-order valence-electron chi connectivity index (χ3n) is 3.92. The van der Waals surface area contributed by atoms with Crippen LogP contribution < -0.4 is 10.1 Å². The monoisotopic (exact) mass is 281 g/mol. The Morgan fingerprint density at radius 2 is 2.10 bits per heavy atom. The molecule has 2 aromatic carbocycles. The molecule has 0 fully saturated rings. The third-order valence-corrected chi connectivity index (χ3v) is 3.92. The molecule has 3 rings (SSSR count). The summed E-state index contributed by atoms with van der Waals surface area (Å²) in [6.45, 7) is 2.98. The highest BCUT2D eigenvalue weighted by Crippen LogP contribution is 2.25. The third kappa shape index (κ3) is 2.77. The number of methoxy groups -OCH3 is 1. The van der Waals surface area contributed by atoms with E-state index in [-0.39, 0.29) is 5.78 Å². The van der Waals surface area contributed by atoms with Crippen molar-refractivity contribution in [1.82, 2.24) is 0 Å². The van der Waals surface area contributed by atoms with Crippen molar-refractivity contribution in [3.05, 3.63) is 58.7 Å². The summed E-state index contributed by atoms with van der Waals surface area (Å²) in [4.78, 5) is 12.5. The van der Waals surface area contributed by atoms with Gasteiger partial charge >= 0.3 is 0 Å². The molecule has 1 N–H and O–H groups in total. The SMILES string of the molecule is COc1ccc(C)cc1CC(=O)c1ccc2c(c1)CCN2. The standard InChI is InChI=1S/C18H19NO2/c1-12-3-6-18(21-2)15(9-12)11-17(20)14-4-5-16-13(10-14)7-8-19-16/h3-6,9-10,19H,7-8,11H2,1-2H3. The number of ether oxygens (including phenoxy) is 1. The maximum Gasteiger partial charge on any atom is 0.167 e. The quantitative estimate of drug-likeness (QED) is 0.873. The maximum atomic E-state index is 12.5. The molecule has 1 aliphatic rings. The van der Waals surface area contributed by atoms with E-state index in [1.54, 1.807) is 7.11 Å². The molecule has 0 aromatic heterocycles. The van der Waals surface area contributed by atoms with Crippen molar-refractivity contribution in [3.63, 3.8) is 0 Å². The van der Waals surface area contributed by atoms with Crippen molar-refractivity contribution in [2.45, 2.75) is 19.8 Å². The van der Waals surface area contributed by atoms with Crippen molar-refractivity contribution in [2.75, 3.05) is 19.0 Å². The Bertz CT molecular complexity index is 692. The Kier molecular flexibility index (Phi) is 3.65. The van der Waals surface area contributed by atoms with Crippen LogP contribution in [0.25, 0.3) is 0 Å². The zero-order valence-corrected chi connectivity index (χ0v) is 12.4. The van der Waals surface area contributed by atoms with Crippen molar-refractivity contribution in [1.29, 1.82) is 0 Å². The van der Waals surface area contributed by atoms with Gasteiger partial charge in [0.15, 0.2) is 5.78 Å². The Hall–Kier alpha value is -2.29. The van der Waals surface area contributed by atoms with Crippen LogP contribution in [0.1, 0.15) is 27.0 Å². The zero-order valence-electron chi connectivity index (χ0n) is 12.4. The summed E-state index contributed by atoms with van der Waals surface area (Å²) in [6, 6.07) is 11.9. The molecule has 0 bridgehead atoms. The van der Waals surface area contributed by atoms with Crippen LogP contribution in [0.15, 0.2) is 36.4 Å². The number of benzene rings is 2. The fraction of sp³-hybridized carbons (Fsp3) is 0.278. The van der Waals surface area contributed by atoms with E-state index < -0.39 is 0 Å². The van der Waals surface area contributed by atoms with Gasteiger partial charge in [0.05, 0.1) is 7.11 Å². The molecule has 1 aliphatic heterocycles. The summed E-state index contributed by atoms with van der Waals surface area (Å²) >= 11 is 0. The number of ketones is 1. The molecule has 3 heteroatoms. The number of carbonyl (C=O) groups excluding carboxylic acids is 1. The lowest BCUT2D eigenvalue weighted by Crippen LogP contribution is -2.05. The molecule has 0 saturated heterocycles. The average molecular weight is 281 g/mol. The molecule has 0 unspecified atom stereocenters. The average Bonchev–Trinajstić information content (AvgIpc) is 2.94. The van der Waals surface area contributed by atoms with E-state index in [1.165, 1.54) is 5.56 Å². The Morgan fingerprint density at radius 1 is 1.24 bits per heavy atom. The minimum atomic E-state index is 0.133. The van der Waals surface area contributed by atoms with Gasteiger partial charge in [-0.15, -0.1) is 0 Å². The van der Waals surface area contributed by atoms with Gasteiger partial charge in [0.1, 0.15) is 5.75 Å². The van der Waals surface area contributed by atoms with Crippen LogP contribution in [-0.4, -0.2) is 19.4 Å². The summed E-state index contributed by atoms with van der Waals surface area (Å²) in [5.74, 6) is 0.908. The lowest BCUT2D eigenvalue weighted by atomic mass is 9.99. The first-order chi connectivity index (χ1) is 10.2. The first-order valence-electron chi connectivity index (χ1n) is 7.21. The Balaban J connectivity index is 1.85. The summed E-state index contributed by atoms with van der Waals surface area (Å²) in [7, 11) is 1.64. The number of aryl methyl sites for hydroxylation is 1. The smallest absolute Gasteiger partial charge is 0.167 e. The molecule has 2 aromatic rings. The highest BCUT2D eigenvalue weighted by Gasteiger charge is 2.15. The molecule has 108 valence electrons. The van der Waals surface area contributed by atoms with Gasteiger partial charge < -0.3 is 10.1 Å². The van der Waals surface area contributed by atoms with Gasteiger partial charge in [0.25, 0.3) is 0 Å².